The third kappa shape index (κ3) is 4.32. The van der Waals surface area contributed by atoms with Crippen LogP contribution in [0.4, 0.5) is 0 Å². The summed E-state index contributed by atoms with van der Waals surface area (Å²) in [7, 11) is 0. The highest BCUT2D eigenvalue weighted by molar-refractivity contribution is 6.15. The van der Waals surface area contributed by atoms with Crippen LogP contribution in [0, 0.1) is 0 Å². The fraction of sp³-hybridized carbons (Fsp3) is 0. The van der Waals surface area contributed by atoms with Crippen LogP contribution in [0.3, 0.4) is 0 Å². The zero-order valence-electron chi connectivity index (χ0n) is 26.4. The standard InChI is InChI=1S/C46H27N3/c1-2-14-34(15-3-1)49-43-24-23-33(27-39(43)40-28-42(48-29-44(40)49)41-20-10-11-25-47-41)46-37-18-8-6-16-35(37)45(36-17-7-9-19-38(36)46)32-22-21-30-12-4-5-13-31(30)26-32/h1-6,8,10-29H. The quantitative estimate of drug-likeness (QED) is 0.183. The number of hydrogen-bond donors (Lipinski definition) is 0. The summed E-state index contributed by atoms with van der Waals surface area (Å²) in [6, 6.07) is 49.7. The first kappa shape index (κ1) is 27.4. The number of hydrogen-bond acceptors (Lipinski definition) is 2. The Hall–Kier alpha value is -6.76. The highest BCUT2D eigenvalue weighted by atomic mass is 15.0. The molecule has 0 fully saturated rings. The Morgan fingerprint density at radius 3 is 1.86 bits per heavy atom. The van der Waals surface area contributed by atoms with Crippen molar-refractivity contribution < 1.29 is 0 Å². The van der Waals surface area contributed by atoms with Gasteiger partial charge in [-0.3, -0.25) is 9.97 Å². The minimum absolute atomic E-state index is 0.853. The molecule has 6 aromatic carbocycles. The minimum atomic E-state index is 0.853. The third-order valence-corrected chi connectivity index (χ3v) is 9.73. The van der Waals surface area contributed by atoms with Gasteiger partial charge in [0.25, 0.3) is 0 Å². The first-order valence-electron chi connectivity index (χ1n) is 16.5. The largest absolute Gasteiger partial charge is 0.308 e. The normalized spacial score (nSPS) is 12.0. The van der Waals surface area contributed by atoms with Gasteiger partial charge in [0, 0.05) is 22.7 Å². The summed E-state index contributed by atoms with van der Waals surface area (Å²) in [5, 5.41) is 7.19. The topological polar surface area (TPSA) is 30.7 Å². The van der Waals surface area contributed by atoms with E-state index >= 15 is 0 Å². The number of nitrogens with zero attached hydrogens (tertiary/aromatic N) is 3. The Kier molecular flexibility index (Phi) is 6.09. The molecule has 3 aromatic heterocycles. The van der Waals surface area contributed by atoms with Crippen LogP contribution in [-0.2, 0) is 0 Å². The van der Waals surface area contributed by atoms with Gasteiger partial charge < -0.3 is 4.57 Å². The van der Waals surface area contributed by atoms with E-state index in [4.69, 9.17) is 4.98 Å². The van der Waals surface area contributed by atoms with E-state index in [0.717, 1.165) is 50.2 Å². The predicted molar refractivity (Wildman–Crippen MR) is 204 cm³/mol. The Bertz CT molecular complexity index is 2880. The third-order valence-electron chi connectivity index (χ3n) is 9.73. The van der Waals surface area contributed by atoms with Crippen LogP contribution >= 0.6 is 0 Å². The van der Waals surface area contributed by atoms with E-state index in [1.807, 2.05) is 30.6 Å². The zero-order chi connectivity index (χ0) is 32.3. The molecule has 3 nitrogen and oxygen atoms in total. The number of benzene rings is 6. The molecule has 0 saturated heterocycles. The summed E-state index contributed by atoms with van der Waals surface area (Å²) in [6.45, 7) is 0. The molecule has 226 valence electrons. The average Bonchev–Trinajstić information content (AvgIpc) is 3.50. The van der Waals surface area contributed by atoms with Gasteiger partial charge in [0.2, 0.25) is 0 Å². The molecule has 9 aromatic rings. The second-order valence-electron chi connectivity index (χ2n) is 12.5. The molecule has 0 radical (unpaired) electrons. The SMILES string of the molecule is C1=C=Cc2c(c(-c3ccc4ccccc4c3)c3ccccc3c2-c2ccc3c(c2)c2cc(-c4ccccn4)ncc2n3-c2ccccc2)C=1. The molecule has 0 amide bonds. The molecule has 0 bridgehead atoms. The fourth-order valence-corrected chi connectivity index (χ4v) is 7.56. The van der Waals surface area contributed by atoms with Crippen molar-refractivity contribution in [2.45, 2.75) is 0 Å². The number of pyridine rings is 2. The van der Waals surface area contributed by atoms with Gasteiger partial charge in [0.05, 0.1) is 28.6 Å². The van der Waals surface area contributed by atoms with Gasteiger partial charge in [-0.05, 0) is 116 Å². The Labute approximate surface area is 283 Å². The lowest BCUT2D eigenvalue weighted by molar-refractivity contribution is 1.16. The van der Waals surface area contributed by atoms with Crippen LogP contribution in [0.15, 0.2) is 163 Å². The predicted octanol–water partition coefficient (Wildman–Crippen LogP) is 11.7. The lowest BCUT2D eigenvalue weighted by atomic mass is 9.82. The van der Waals surface area contributed by atoms with Gasteiger partial charge in [-0.25, -0.2) is 0 Å². The van der Waals surface area contributed by atoms with E-state index in [1.54, 1.807) is 0 Å². The summed E-state index contributed by atoms with van der Waals surface area (Å²) < 4.78 is 2.31. The van der Waals surface area contributed by atoms with Crippen molar-refractivity contribution in [2.24, 2.45) is 0 Å². The van der Waals surface area contributed by atoms with E-state index in [1.165, 1.54) is 43.6 Å². The van der Waals surface area contributed by atoms with Crippen LogP contribution in [0.1, 0.15) is 11.1 Å². The molecular formula is C46H27N3. The van der Waals surface area contributed by atoms with Crippen LogP contribution < -0.4 is 0 Å². The molecule has 0 aliphatic heterocycles. The highest BCUT2D eigenvalue weighted by Gasteiger charge is 2.22. The molecule has 0 unspecified atom stereocenters. The van der Waals surface area contributed by atoms with Crippen LogP contribution in [-0.4, -0.2) is 14.5 Å². The van der Waals surface area contributed by atoms with Crippen molar-refractivity contribution in [2.75, 3.05) is 0 Å². The Morgan fingerprint density at radius 1 is 0.449 bits per heavy atom. The number of aromatic nitrogens is 3. The molecule has 0 atom stereocenters. The van der Waals surface area contributed by atoms with Crippen molar-refractivity contribution >= 4 is 55.5 Å². The first-order chi connectivity index (χ1) is 24.3. The monoisotopic (exact) mass is 621 g/mol. The maximum absolute atomic E-state index is 4.89. The first-order valence-corrected chi connectivity index (χ1v) is 16.5. The fourth-order valence-electron chi connectivity index (χ4n) is 7.56. The summed E-state index contributed by atoms with van der Waals surface area (Å²) in [5.41, 5.74) is 18.7. The molecule has 0 saturated carbocycles. The van der Waals surface area contributed by atoms with Crippen molar-refractivity contribution in [3.8, 4) is 39.3 Å². The maximum Gasteiger partial charge on any atom is 0.0893 e. The molecule has 0 N–H and O–H groups in total. The lowest BCUT2D eigenvalue weighted by Crippen LogP contribution is -1.97. The van der Waals surface area contributed by atoms with E-state index in [-0.39, 0.29) is 0 Å². The molecule has 3 heteroatoms. The van der Waals surface area contributed by atoms with E-state index in [2.05, 4.69) is 154 Å². The van der Waals surface area contributed by atoms with Gasteiger partial charge >= 0.3 is 0 Å². The maximum atomic E-state index is 4.89. The van der Waals surface area contributed by atoms with Gasteiger partial charge in [-0.2, -0.15) is 0 Å². The van der Waals surface area contributed by atoms with Gasteiger partial charge in [-0.15, -0.1) is 0 Å². The van der Waals surface area contributed by atoms with E-state index in [9.17, 15) is 0 Å². The molecule has 49 heavy (non-hydrogen) atoms. The second kappa shape index (κ2) is 10.9. The summed E-state index contributed by atoms with van der Waals surface area (Å²) in [5.74, 6) is 0. The van der Waals surface area contributed by atoms with Crippen molar-refractivity contribution in [3.63, 3.8) is 0 Å². The van der Waals surface area contributed by atoms with Crippen LogP contribution in [0.5, 0.6) is 0 Å². The van der Waals surface area contributed by atoms with E-state index < -0.39 is 0 Å². The number of para-hydroxylation sites is 1. The molecule has 10 rings (SSSR count). The second-order valence-corrected chi connectivity index (χ2v) is 12.5. The Balaban J connectivity index is 1.27. The van der Waals surface area contributed by atoms with Crippen LogP contribution in [0.25, 0.3) is 94.8 Å². The molecule has 1 aliphatic carbocycles. The van der Waals surface area contributed by atoms with Gasteiger partial charge in [0.1, 0.15) is 0 Å². The minimum Gasteiger partial charge on any atom is -0.308 e. The molecule has 1 aliphatic rings. The molecule has 3 heterocycles. The highest BCUT2D eigenvalue weighted by Crippen LogP contribution is 2.45. The zero-order valence-corrected chi connectivity index (χ0v) is 26.4. The van der Waals surface area contributed by atoms with Gasteiger partial charge in [-0.1, -0.05) is 102 Å². The van der Waals surface area contributed by atoms with Crippen molar-refractivity contribution in [1.82, 2.24) is 14.5 Å². The summed E-state index contributed by atoms with van der Waals surface area (Å²) >= 11 is 0. The summed E-state index contributed by atoms with van der Waals surface area (Å²) in [6.07, 6.45) is 8.00. The average molecular weight is 622 g/mol. The number of rotatable bonds is 4. The van der Waals surface area contributed by atoms with Gasteiger partial charge in [0.15, 0.2) is 0 Å². The smallest absolute Gasteiger partial charge is 0.0893 e. The van der Waals surface area contributed by atoms with Crippen molar-refractivity contribution in [1.29, 1.82) is 0 Å². The van der Waals surface area contributed by atoms with Crippen LogP contribution in [0.2, 0.25) is 0 Å². The summed E-state index contributed by atoms with van der Waals surface area (Å²) in [4.78, 5) is 9.50. The number of fused-ring (bicyclic) bond motifs is 6. The lowest BCUT2D eigenvalue weighted by Gasteiger charge is -2.20. The van der Waals surface area contributed by atoms with E-state index in [0.29, 0.717) is 0 Å². The van der Waals surface area contributed by atoms with Crippen molar-refractivity contribution in [3.05, 3.63) is 175 Å². The molecule has 0 spiro atoms. The molecular weight excluding hydrogens is 595 g/mol. The Morgan fingerprint density at radius 2 is 1.10 bits per heavy atom.